The summed E-state index contributed by atoms with van der Waals surface area (Å²) in [5, 5.41) is 3.34. The third-order valence-corrected chi connectivity index (χ3v) is 5.61. The Kier molecular flexibility index (Phi) is 7.82. The molecule has 0 unspecified atom stereocenters. The number of piperidine rings is 1. The Hall–Kier alpha value is -1.49. The first-order valence-corrected chi connectivity index (χ1v) is 9.47. The first kappa shape index (κ1) is 19.8. The fourth-order valence-corrected chi connectivity index (χ4v) is 3.87. The van der Waals surface area contributed by atoms with E-state index in [1.165, 1.54) is 10.5 Å². The molecule has 0 bridgehead atoms. The number of thioether (sulfide) groups is 1. The number of hydrogen-bond acceptors (Lipinski definition) is 3. The number of nitrogens with one attached hydrogen (secondary N) is 1. The highest BCUT2D eigenvalue weighted by Gasteiger charge is 2.22. The third kappa shape index (κ3) is 5.50. The van der Waals surface area contributed by atoms with Crippen molar-refractivity contribution in [2.24, 2.45) is 0 Å². The summed E-state index contributed by atoms with van der Waals surface area (Å²) < 4.78 is 0. The fraction of sp³-hybridized carbons (Fsp3) is 0.350. The van der Waals surface area contributed by atoms with Gasteiger partial charge in [-0.1, -0.05) is 30.3 Å². The van der Waals surface area contributed by atoms with Crippen LogP contribution in [-0.4, -0.2) is 37.0 Å². The van der Waals surface area contributed by atoms with Crippen molar-refractivity contribution in [1.82, 2.24) is 10.2 Å². The van der Waals surface area contributed by atoms with E-state index < -0.39 is 0 Å². The molecule has 1 amide bonds. The van der Waals surface area contributed by atoms with Crippen LogP contribution >= 0.6 is 24.2 Å². The van der Waals surface area contributed by atoms with Gasteiger partial charge in [-0.15, -0.1) is 24.2 Å². The second-order valence-electron chi connectivity index (χ2n) is 6.20. The highest BCUT2D eigenvalue weighted by atomic mass is 35.5. The smallest absolute Gasteiger partial charge is 0.253 e. The van der Waals surface area contributed by atoms with Gasteiger partial charge in [0.05, 0.1) is 0 Å². The average molecular weight is 377 g/mol. The first-order chi connectivity index (χ1) is 11.7. The molecule has 1 saturated heterocycles. The van der Waals surface area contributed by atoms with E-state index in [0.29, 0.717) is 6.04 Å². The SMILES string of the molecule is CN(C(=O)c1ccc(CSc2ccccc2)cc1)C1CCNCC1.Cl. The van der Waals surface area contributed by atoms with Gasteiger partial charge in [0.15, 0.2) is 0 Å². The van der Waals surface area contributed by atoms with E-state index in [-0.39, 0.29) is 18.3 Å². The Bertz CT molecular complexity index is 657. The molecule has 1 fully saturated rings. The molecule has 1 N–H and O–H groups in total. The number of benzene rings is 2. The second-order valence-corrected chi connectivity index (χ2v) is 7.24. The van der Waals surface area contributed by atoms with Gasteiger partial charge >= 0.3 is 0 Å². The van der Waals surface area contributed by atoms with Crippen LogP contribution in [-0.2, 0) is 5.75 Å². The third-order valence-electron chi connectivity index (χ3n) is 4.53. The largest absolute Gasteiger partial charge is 0.339 e. The van der Waals surface area contributed by atoms with Crippen molar-refractivity contribution in [2.75, 3.05) is 20.1 Å². The zero-order valence-corrected chi connectivity index (χ0v) is 16.1. The number of halogens is 1. The van der Waals surface area contributed by atoms with E-state index in [1.807, 2.05) is 41.9 Å². The van der Waals surface area contributed by atoms with E-state index in [0.717, 1.165) is 37.2 Å². The Labute approximate surface area is 160 Å². The lowest BCUT2D eigenvalue weighted by molar-refractivity contribution is 0.0703. The number of carbonyl (C=O) groups excluding carboxylic acids is 1. The molecule has 0 atom stereocenters. The summed E-state index contributed by atoms with van der Waals surface area (Å²) in [7, 11) is 1.93. The van der Waals surface area contributed by atoms with Crippen LogP contribution in [0, 0.1) is 0 Å². The van der Waals surface area contributed by atoms with E-state index in [2.05, 4.69) is 41.7 Å². The van der Waals surface area contributed by atoms with Crippen molar-refractivity contribution in [3.05, 3.63) is 65.7 Å². The highest BCUT2D eigenvalue weighted by Crippen LogP contribution is 2.23. The molecule has 134 valence electrons. The molecule has 3 rings (SSSR count). The highest BCUT2D eigenvalue weighted by molar-refractivity contribution is 7.98. The molecule has 2 aromatic rings. The van der Waals surface area contributed by atoms with Gasteiger partial charge in [-0.3, -0.25) is 4.79 Å². The molecule has 0 aromatic heterocycles. The molecule has 1 heterocycles. The molecular weight excluding hydrogens is 352 g/mol. The minimum absolute atomic E-state index is 0. The van der Waals surface area contributed by atoms with Crippen molar-refractivity contribution >= 4 is 30.1 Å². The Morgan fingerprint density at radius 3 is 2.36 bits per heavy atom. The van der Waals surface area contributed by atoms with Crippen molar-refractivity contribution < 1.29 is 4.79 Å². The number of hydrogen-bond donors (Lipinski definition) is 1. The van der Waals surface area contributed by atoms with Crippen molar-refractivity contribution in [1.29, 1.82) is 0 Å². The maximum atomic E-state index is 12.6. The molecule has 0 aliphatic carbocycles. The summed E-state index contributed by atoms with van der Waals surface area (Å²) in [6.07, 6.45) is 2.07. The van der Waals surface area contributed by atoms with E-state index >= 15 is 0 Å². The van der Waals surface area contributed by atoms with Gasteiger partial charge in [0.2, 0.25) is 0 Å². The van der Waals surface area contributed by atoms with Crippen LogP contribution in [0.25, 0.3) is 0 Å². The lowest BCUT2D eigenvalue weighted by Crippen LogP contribution is -2.43. The van der Waals surface area contributed by atoms with Crippen LogP contribution in [0.15, 0.2) is 59.5 Å². The van der Waals surface area contributed by atoms with E-state index in [4.69, 9.17) is 0 Å². The molecule has 0 saturated carbocycles. The minimum atomic E-state index is 0. The Morgan fingerprint density at radius 2 is 1.72 bits per heavy atom. The molecule has 1 aliphatic heterocycles. The molecule has 2 aromatic carbocycles. The number of amides is 1. The predicted octanol–water partition coefficient (Wildman–Crippen LogP) is 4.22. The summed E-state index contributed by atoms with van der Waals surface area (Å²) in [6.45, 7) is 2.00. The molecule has 3 nitrogen and oxygen atoms in total. The zero-order chi connectivity index (χ0) is 16.8. The number of nitrogens with zero attached hydrogens (tertiary/aromatic N) is 1. The predicted molar refractivity (Wildman–Crippen MR) is 108 cm³/mol. The van der Waals surface area contributed by atoms with Crippen molar-refractivity contribution in [2.45, 2.75) is 29.5 Å². The summed E-state index contributed by atoms with van der Waals surface area (Å²) in [5.74, 6) is 1.05. The zero-order valence-electron chi connectivity index (χ0n) is 14.5. The topological polar surface area (TPSA) is 32.3 Å². The van der Waals surface area contributed by atoms with Gasteiger partial charge in [0.1, 0.15) is 0 Å². The summed E-state index contributed by atoms with van der Waals surface area (Å²) >= 11 is 1.81. The van der Waals surface area contributed by atoms with Crippen LogP contribution in [0.2, 0.25) is 0 Å². The Balaban J connectivity index is 0.00000225. The van der Waals surface area contributed by atoms with Gasteiger partial charge in [-0.05, 0) is 55.8 Å². The van der Waals surface area contributed by atoms with Gasteiger partial charge in [0.25, 0.3) is 5.91 Å². The molecule has 5 heteroatoms. The Morgan fingerprint density at radius 1 is 1.08 bits per heavy atom. The van der Waals surface area contributed by atoms with Gasteiger partial charge < -0.3 is 10.2 Å². The monoisotopic (exact) mass is 376 g/mol. The van der Waals surface area contributed by atoms with Crippen LogP contribution < -0.4 is 5.32 Å². The number of rotatable bonds is 5. The van der Waals surface area contributed by atoms with Gasteiger partial charge in [-0.25, -0.2) is 0 Å². The normalized spacial score (nSPS) is 14.6. The summed E-state index contributed by atoms with van der Waals surface area (Å²) in [4.78, 5) is 15.8. The quantitative estimate of drug-likeness (QED) is 0.793. The van der Waals surface area contributed by atoms with Crippen LogP contribution in [0.5, 0.6) is 0 Å². The maximum Gasteiger partial charge on any atom is 0.253 e. The molecule has 25 heavy (non-hydrogen) atoms. The van der Waals surface area contributed by atoms with Crippen molar-refractivity contribution in [3.63, 3.8) is 0 Å². The fourth-order valence-electron chi connectivity index (χ4n) is 2.99. The maximum absolute atomic E-state index is 12.6. The van der Waals surface area contributed by atoms with E-state index in [9.17, 15) is 4.79 Å². The van der Waals surface area contributed by atoms with E-state index in [1.54, 1.807) is 0 Å². The molecule has 0 radical (unpaired) electrons. The van der Waals surface area contributed by atoms with Crippen molar-refractivity contribution in [3.8, 4) is 0 Å². The summed E-state index contributed by atoms with van der Waals surface area (Å²) in [5.41, 5.74) is 2.02. The van der Waals surface area contributed by atoms with Crippen LogP contribution in [0.4, 0.5) is 0 Å². The molecule has 1 aliphatic rings. The summed E-state index contributed by atoms with van der Waals surface area (Å²) in [6, 6.07) is 18.8. The van der Waals surface area contributed by atoms with Gasteiger partial charge in [-0.2, -0.15) is 0 Å². The number of carbonyl (C=O) groups is 1. The van der Waals surface area contributed by atoms with Crippen LogP contribution in [0.3, 0.4) is 0 Å². The standard InChI is InChI=1S/C20H24N2OS.ClH/c1-22(18-11-13-21-14-12-18)20(23)17-9-7-16(8-10-17)15-24-19-5-3-2-4-6-19;/h2-10,18,21H,11-15H2,1H3;1H. The van der Waals surface area contributed by atoms with Crippen LogP contribution in [0.1, 0.15) is 28.8 Å². The first-order valence-electron chi connectivity index (χ1n) is 8.49. The lowest BCUT2D eigenvalue weighted by atomic mass is 10.0. The lowest BCUT2D eigenvalue weighted by Gasteiger charge is -2.31. The molecule has 0 spiro atoms. The minimum Gasteiger partial charge on any atom is -0.339 e. The average Bonchev–Trinajstić information content (AvgIpc) is 2.67. The molecular formula is C20H25ClN2OS. The van der Waals surface area contributed by atoms with Gasteiger partial charge in [0, 0.05) is 29.3 Å². The second kappa shape index (κ2) is 9.85.